The molecule has 0 aliphatic carbocycles. The van der Waals surface area contributed by atoms with Crippen LogP contribution in [-0.4, -0.2) is 6.54 Å². The second-order valence-electron chi connectivity index (χ2n) is 4.71. The Balaban J connectivity index is 3.02. The van der Waals surface area contributed by atoms with E-state index in [1.54, 1.807) is 13.0 Å². The van der Waals surface area contributed by atoms with Crippen molar-refractivity contribution in [1.82, 2.24) is 5.32 Å². The van der Waals surface area contributed by atoms with Crippen LogP contribution in [0.25, 0.3) is 0 Å². The van der Waals surface area contributed by atoms with E-state index in [-0.39, 0.29) is 10.5 Å². The molecular weight excluding hydrogens is 343 g/mol. The monoisotopic (exact) mass is 361 g/mol. The number of alkyl halides is 3. The van der Waals surface area contributed by atoms with E-state index in [1.165, 1.54) is 12.1 Å². The summed E-state index contributed by atoms with van der Waals surface area (Å²) in [6.07, 6.45) is -2.07. The van der Waals surface area contributed by atoms with Crippen LogP contribution in [0.15, 0.2) is 22.7 Å². The van der Waals surface area contributed by atoms with Crippen LogP contribution >= 0.6 is 15.9 Å². The summed E-state index contributed by atoms with van der Waals surface area (Å²) in [5.74, 6) is 5.77. The Bertz CT molecular complexity index is 514. The zero-order valence-electron chi connectivity index (χ0n) is 12.1. The van der Waals surface area contributed by atoms with E-state index in [0.717, 1.165) is 13.0 Å². The van der Waals surface area contributed by atoms with E-state index in [0.29, 0.717) is 18.4 Å². The molecule has 1 atom stereocenters. The summed E-state index contributed by atoms with van der Waals surface area (Å²) in [6.45, 7) is 4.55. The zero-order chi connectivity index (χ0) is 15.9. The first-order valence-corrected chi connectivity index (χ1v) is 7.69. The van der Waals surface area contributed by atoms with Crippen molar-refractivity contribution in [2.45, 2.75) is 45.3 Å². The van der Waals surface area contributed by atoms with Crippen molar-refractivity contribution in [2.75, 3.05) is 6.54 Å². The average Bonchev–Trinajstić information content (AvgIpc) is 2.42. The summed E-state index contributed by atoms with van der Waals surface area (Å²) in [5, 5.41) is 3.29. The van der Waals surface area contributed by atoms with Crippen LogP contribution in [0.5, 0.6) is 0 Å². The SMILES string of the molecule is CC#CCCC(NCCC)c1ccc(Br)c(C(F)(F)F)c1. The van der Waals surface area contributed by atoms with Crippen LogP contribution in [0.3, 0.4) is 0 Å². The number of benzene rings is 1. The van der Waals surface area contributed by atoms with Crippen molar-refractivity contribution in [3.05, 3.63) is 33.8 Å². The standard InChI is InChI=1S/C16H19BrF3N/c1-3-5-6-7-15(21-10-4-2)12-8-9-14(17)13(11-12)16(18,19)20/h8-9,11,15,21H,4,6-7,10H2,1-2H3. The summed E-state index contributed by atoms with van der Waals surface area (Å²) >= 11 is 2.97. The second kappa shape index (κ2) is 8.45. The van der Waals surface area contributed by atoms with Crippen LogP contribution in [-0.2, 0) is 6.18 Å². The third-order valence-electron chi connectivity index (χ3n) is 3.07. The number of halogens is 4. The summed E-state index contributed by atoms with van der Waals surface area (Å²) in [5.41, 5.74) is 0.0155. The van der Waals surface area contributed by atoms with Gasteiger partial charge in [0.2, 0.25) is 0 Å². The van der Waals surface area contributed by atoms with E-state index in [2.05, 4.69) is 33.1 Å². The van der Waals surface area contributed by atoms with Crippen LogP contribution in [0.2, 0.25) is 0 Å². The summed E-state index contributed by atoms with van der Waals surface area (Å²) in [7, 11) is 0. The second-order valence-corrected chi connectivity index (χ2v) is 5.56. The van der Waals surface area contributed by atoms with E-state index in [1.807, 2.05) is 6.92 Å². The average molecular weight is 362 g/mol. The molecule has 0 heterocycles. The van der Waals surface area contributed by atoms with Crippen molar-refractivity contribution in [2.24, 2.45) is 0 Å². The van der Waals surface area contributed by atoms with Gasteiger partial charge in [0.05, 0.1) is 5.56 Å². The predicted molar refractivity (Wildman–Crippen MR) is 82.9 cm³/mol. The number of nitrogens with one attached hydrogen (secondary N) is 1. The van der Waals surface area contributed by atoms with Crippen molar-refractivity contribution < 1.29 is 13.2 Å². The molecule has 1 aromatic rings. The molecule has 0 saturated heterocycles. The Morgan fingerprint density at radius 2 is 2.05 bits per heavy atom. The fourth-order valence-corrected chi connectivity index (χ4v) is 2.49. The molecule has 116 valence electrons. The Morgan fingerprint density at radius 3 is 2.62 bits per heavy atom. The van der Waals surface area contributed by atoms with Gasteiger partial charge >= 0.3 is 6.18 Å². The molecule has 0 radical (unpaired) electrons. The molecule has 1 aromatic carbocycles. The lowest BCUT2D eigenvalue weighted by Gasteiger charge is -2.20. The topological polar surface area (TPSA) is 12.0 Å². The molecule has 21 heavy (non-hydrogen) atoms. The van der Waals surface area contributed by atoms with E-state index in [9.17, 15) is 13.2 Å². The highest BCUT2D eigenvalue weighted by molar-refractivity contribution is 9.10. The molecule has 1 nitrogen and oxygen atoms in total. The maximum atomic E-state index is 13.0. The van der Waals surface area contributed by atoms with E-state index in [4.69, 9.17) is 0 Å². The van der Waals surface area contributed by atoms with Crippen molar-refractivity contribution >= 4 is 15.9 Å². The number of hydrogen-bond acceptors (Lipinski definition) is 1. The molecule has 0 amide bonds. The van der Waals surface area contributed by atoms with Gasteiger partial charge in [-0.3, -0.25) is 0 Å². The van der Waals surface area contributed by atoms with Gasteiger partial charge in [0, 0.05) is 16.9 Å². The van der Waals surface area contributed by atoms with E-state index < -0.39 is 11.7 Å². The highest BCUT2D eigenvalue weighted by Gasteiger charge is 2.33. The van der Waals surface area contributed by atoms with Gasteiger partial charge in [-0.2, -0.15) is 13.2 Å². The normalized spacial score (nSPS) is 12.7. The van der Waals surface area contributed by atoms with Gasteiger partial charge in [-0.1, -0.05) is 28.9 Å². The fraction of sp³-hybridized carbons (Fsp3) is 0.500. The molecule has 0 bridgehead atoms. The summed E-state index contributed by atoms with van der Waals surface area (Å²) in [6, 6.07) is 4.30. The van der Waals surface area contributed by atoms with Crippen LogP contribution in [0, 0.1) is 11.8 Å². The minimum absolute atomic E-state index is 0.0707. The van der Waals surface area contributed by atoms with Crippen molar-refractivity contribution in [3.63, 3.8) is 0 Å². The zero-order valence-corrected chi connectivity index (χ0v) is 13.7. The Morgan fingerprint density at radius 1 is 1.33 bits per heavy atom. The molecule has 1 N–H and O–H groups in total. The molecule has 0 aliphatic heterocycles. The van der Waals surface area contributed by atoms with Gasteiger partial charge in [-0.25, -0.2) is 0 Å². The van der Waals surface area contributed by atoms with E-state index >= 15 is 0 Å². The lowest BCUT2D eigenvalue weighted by molar-refractivity contribution is -0.138. The Kier molecular flexibility index (Phi) is 7.27. The fourth-order valence-electron chi connectivity index (χ4n) is 2.02. The van der Waals surface area contributed by atoms with Crippen molar-refractivity contribution in [3.8, 4) is 11.8 Å². The van der Waals surface area contributed by atoms with Gasteiger partial charge in [-0.05, 0) is 44.0 Å². The highest BCUT2D eigenvalue weighted by Crippen LogP contribution is 2.36. The largest absolute Gasteiger partial charge is 0.417 e. The first kappa shape index (κ1) is 18.1. The third kappa shape index (κ3) is 5.72. The van der Waals surface area contributed by atoms with Gasteiger partial charge in [0.15, 0.2) is 0 Å². The molecule has 0 saturated carbocycles. The first-order valence-electron chi connectivity index (χ1n) is 6.89. The summed E-state index contributed by atoms with van der Waals surface area (Å²) < 4.78 is 39.0. The Labute approximate surface area is 132 Å². The lowest BCUT2D eigenvalue weighted by Crippen LogP contribution is -2.22. The quantitative estimate of drug-likeness (QED) is 0.676. The highest BCUT2D eigenvalue weighted by atomic mass is 79.9. The maximum Gasteiger partial charge on any atom is 0.417 e. The van der Waals surface area contributed by atoms with Gasteiger partial charge in [0.1, 0.15) is 0 Å². The summed E-state index contributed by atoms with van der Waals surface area (Å²) in [4.78, 5) is 0. The number of hydrogen-bond donors (Lipinski definition) is 1. The van der Waals surface area contributed by atoms with Crippen molar-refractivity contribution in [1.29, 1.82) is 0 Å². The molecular formula is C16H19BrF3N. The Hall–Kier alpha value is -0.990. The molecule has 0 aromatic heterocycles. The molecule has 5 heteroatoms. The molecule has 0 spiro atoms. The third-order valence-corrected chi connectivity index (χ3v) is 3.77. The predicted octanol–water partition coefficient (Wildman–Crippen LogP) is 5.31. The van der Waals surface area contributed by atoms with Gasteiger partial charge < -0.3 is 5.32 Å². The smallest absolute Gasteiger partial charge is 0.310 e. The van der Waals surface area contributed by atoms with Crippen LogP contribution < -0.4 is 5.32 Å². The van der Waals surface area contributed by atoms with Crippen LogP contribution in [0.1, 0.15) is 50.3 Å². The van der Waals surface area contributed by atoms with Gasteiger partial charge in [0.25, 0.3) is 0 Å². The molecule has 1 rings (SSSR count). The molecule has 1 unspecified atom stereocenters. The number of rotatable bonds is 6. The van der Waals surface area contributed by atoms with Crippen LogP contribution in [0.4, 0.5) is 13.2 Å². The minimum atomic E-state index is -4.35. The van der Waals surface area contributed by atoms with Gasteiger partial charge in [-0.15, -0.1) is 11.8 Å². The maximum absolute atomic E-state index is 13.0. The minimum Gasteiger partial charge on any atom is -0.310 e. The first-order chi connectivity index (χ1) is 9.90. The molecule has 0 fully saturated rings. The lowest BCUT2D eigenvalue weighted by atomic mass is 9.99. The molecule has 0 aliphatic rings.